The van der Waals surface area contributed by atoms with Gasteiger partial charge in [-0.2, -0.15) is 13.2 Å². The van der Waals surface area contributed by atoms with Gasteiger partial charge >= 0.3 is 6.18 Å². The topological polar surface area (TPSA) is 42.2 Å². The highest BCUT2D eigenvalue weighted by Crippen LogP contribution is 2.30. The van der Waals surface area contributed by atoms with Gasteiger partial charge in [-0.1, -0.05) is 12.1 Å². The van der Waals surface area contributed by atoms with E-state index in [9.17, 15) is 13.2 Å². The van der Waals surface area contributed by atoms with Gasteiger partial charge in [0.1, 0.15) is 11.5 Å². The fourth-order valence-electron chi connectivity index (χ4n) is 2.95. The number of hydrogen-bond donors (Lipinski definition) is 1. The van der Waals surface area contributed by atoms with Gasteiger partial charge in [-0.3, -0.25) is 4.40 Å². The smallest absolute Gasteiger partial charge is 0.340 e. The van der Waals surface area contributed by atoms with Gasteiger partial charge < -0.3 is 5.32 Å². The van der Waals surface area contributed by atoms with Crippen LogP contribution < -0.4 is 5.32 Å². The molecule has 4 nitrogen and oxygen atoms in total. The number of hydrogen-bond acceptors (Lipinski definition) is 3. The number of aromatic nitrogens is 3. The quantitative estimate of drug-likeness (QED) is 0.522. The van der Waals surface area contributed by atoms with E-state index in [-0.39, 0.29) is 0 Å². The fourth-order valence-corrected chi connectivity index (χ4v) is 2.95. The Morgan fingerprint density at radius 3 is 2.41 bits per heavy atom. The first-order chi connectivity index (χ1) is 12.9. The molecule has 0 atom stereocenters. The molecule has 7 heteroatoms. The van der Waals surface area contributed by atoms with E-state index in [1.54, 1.807) is 6.07 Å². The normalized spacial score (nSPS) is 11.7. The molecule has 1 aromatic carbocycles. The molecule has 4 aromatic rings. The molecule has 3 heterocycles. The highest BCUT2D eigenvalue weighted by molar-refractivity contribution is 5.67. The van der Waals surface area contributed by atoms with Crippen molar-refractivity contribution in [2.75, 3.05) is 5.32 Å². The summed E-state index contributed by atoms with van der Waals surface area (Å²) < 4.78 is 40.0. The summed E-state index contributed by atoms with van der Waals surface area (Å²) in [7, 11) is 0. The van der Waals surface area contributed by atoms with Crippen LogP contribution in [0.2, 0.25) is 0 Å². The van der Waals surface area contributed by atoms with E-state index in [4.69, 9.17) is 0 Å². The van der Waals surface area contributed by atoms with Crippen LogP contribution in [0.1, 0.15) is 11.3 Å². The van der Waals surface area contributed by atoms with Crippen LogP contribution >= 0.6 is 0 Å². The second kappa shape index (κ2) is 6.42. The Morgan fingerprint density at radius 2 is 1.67 bits per heavy atom. The minimum absolute atomic E-state index is 0.530. The number of pyridine rings is 2. The van der Waals surface area contributed by atoms with Crippen molar-refractivity contribution in [1.29, 1.82) is 0 Å². The second-order valence-corrected chi connectivity index (χ2v) is 6.08. The summed E-state index contributed by atoms with van der Waals surface area (Å²) >= 11 is 0. The summed E-state index contributed by atoms with van der Waals surface area (Å²) in [5.74, 6) is 0.539. The van der Waals surface area contributed by atoms with E-state index in [0.717, 1.165) is 34.9 Å². The Balaban J connectivity index is 1.66. The molecular weight excluding hydrogens is 353 g/mol. The van der Waals surface area contributed by atoms with Crippen LogP contribution in [0.5, 0.6) is 0 Å². The molecule has 1 N–H and O–H groups in total. The molecule has 0 bridgehead atoms. The van der Waals surface area contributed by atoms with Crippen molar-refractivity contribution in [3.63, 3.8) is 0 Å². The van der Waals surface area contributed by atoms with Crippen molar-refractivity contribution < 1.29 is 13.2 Å². The molecule has 4 rings (SSSR count). The number of nitrogens with one attached hydrogen (secondary N) is 1. The van der Waals surface area contributed by atoms with Crippen LogP contribution in [-0.2, 0) is 6.18 Å². The molecule has 0 radical (unpaired) electrons. The van der Waals surface area contributed by atoms with Gasteiger partial charge in [-0.25, -0.2) is 9.97 Å². The number of anilines is 2. The third-order valence-corrected chi connectivity index (χ3v) is 4.18. The van der Waals surface area contributed by atoms with Crippen LogP contribution in [0.25, 0.3) is 17.0 Å². The molecule has 0 unspecified atom stereocenters. The van der Waals surface area contributed by atoms with Crippen molar-refractivity contribution in [2.24, 2.45) is 0 Å². The van der Waals surface area contributed by atoms with E-state index in [0.29, 0.717) is 11.5 Å². The average molecular weight is 368 g/mol. The van der Waals surface area contributed by atoms with Crippen molar-refractivity contribution in [3.05, 3.63) is 78.1 Å². The summed E-state index contributed by atoms with van der Waals surface area (Å²) in [5, 5.41) is 3.04. The first-order valence-electron chi connectivity index (χ1n) is 8.27. The molecule has 0 aliphatic carbocycles. The molecular formula is C20H15F3N4. The lowest BCUT2D eigenvalue weighted by atomic mass is 10.2. The third-order valence-electron chi connectivity index (χ3n) is 4.18. The minimum atomic E-state index is -4.35. The summed E-state index contributed by atoms with van der Waals surface area (Å²) in [6, 6.07) is 16.1. The number of nitrogens with zero attached hydrogens (tertiary/aromatic N) is 3. The number of rotatable bonds is 3. The second-order valence-electron chi connectivity index (χ2n) is 6.08. The van der Waals surface area contributed by atoms with Gasteiger partial charge in [-0.05, 0) is 55.5 Å². The molecule has 0 fully saturated rings. The number of aryl methyl sites for hydroxylation is 1. The van der Waals surface area contributed by atoms with Gasteiger partial charge in [0.25, 0.3) is 0 Å². The van der Waals surface area contributed by atoms with Gasteiger partial charge in [0, 0.05) is 11.9 Å². The Labute approximate surface area is 153 Å². The monoisotopic (exact) mass is 368 g/mol. The van der Waals surface area contributed by atoms with Gasteiger partial charge in [0.05, 0.1) is 22.6 Å². The summed E-state index contributed by atoms with van der Waals surface area (Å²) in [5.41, 5.74) is 3.12. The Bertz CT molecular complexity index is 1100. The Kier molecular flexibility index (Phi) is 4.07. The Morgan fingerprint density at radius 1 is 0.889 bits per heavy atom. The van der Waals surface area contributed by atoms with E-state index in [2.05, 4.69) is 15.3 Å². The van der Waals surface area contributed by atoms with Crippen LogP contribution in [-0.4, -0.2) is 14.4 Å². The van der Waals surface area contributed by atoms with E-state index in [1.807, 2.05) is 47.9 Å². The zero-order valence-electron chi connectivity index (χ0n) is 14.3. The van der Waals surface area contributed by atoms with Crippen molar-refractivity contribution in [2.45, 2.75) is 13.1 Å². The predicted molar refractivity (Wildman–Crippen MR) is 97.9 cm³/mol. The van der Waals surface area contributed by atoms with E-state index < -0.39 is 11.7 Å². The first kappa shape index (κ1) is 17.1. The standard InChI is InChI=1S/C20H15F3N4/c1-13-19(27-12-3-2-7-18(27)24-13)16-5-4-6-17(26-16)25-15-10-8-14(9-11-15)20(21,22)23/h2-12H,1H3,(H,25,26). The van der Waals surface area contributed by atoms with E-state index >= 15 is 0 Å². The number of benzene rings is 1. The molecule has 3 aromatic heterocycles. The molecule has 0 aliphatic heterocycles. The lowest BCUT2D eigenvalue weighted by molar-refractivity contribution is -0.137. The number of halogens is 3. The zero-order valence-corrected chi connectivity index (χ0v) is 14.3. The maximum atomic E-state index is 12.7. The van der Waals surface area contributed by atoms with Crippen LogP contribution in [0.15, 0.2) is 66.9 Å². The van der Waals surface area contributed by atoms with Crippen molar-refractivity contribution >= 4 is 17.2 Å². The first-order valence-corrected chi connectivity index (χ1v) is 8.27. The molecule has 0 aliphatic rings. The number of imidazole rings is 1. The highest BCUT2D eigenvalue weighted by atomic mass is 19.4. The lowest BCUT2D eigenvalue weighted by Gasteiger charge is -2.10. The summed E-state index contributed by atoms with van der Waals surface area (Å²) in [6.07, 6.45) is -2.43. The SMILES string of the molecule is Cc1nc2ccccn2c1-c1cccc(Nc2ccc(C(F)(F)F)cc2)n1. The zero-order chi connectivity index (χ0) is 19.0. The fraction of sp³-hybridized carbons (Fsp3) is 0.100. The Hall–Kier alpha value is -3.35. The van der Waals surface area contributed by atoms with Crippen molar-refractivity contribution in [1.82, 2.24) is 14.4 Å². The van der Waals surface area contributed by atoms with Gasteiger partial charge in [-0.15, -0.1) is 0 Å². The van der Waals surface area contributed by atoms with Crippen LogP contribution in [0.4, 0.5) is 24.7 Å². The largest absolute Gasteiger partial charge is 0.416 e. The molecule has 0 spiro atoms. The molecule has 0 amide bonds. The lowest BCUT2D eigenvalue weighted by Crippen LogP contribution is -2.04. The maximum Gasteiger partial charge on any atom is 0.416 e. The molecule has 0 saturated heterocycles. The van der Waals surface area contributed by atoms with Crippen LogP contribution in [0, 0.1) is 6.92 Å². The summed E-state index contributed by atoms with van der Waals surface area (Å²) in [4.78, 5) is 9.13. The molecule has 0 saturated carbocycles. The summed E-state index contributed by atoms with van der Waals surface area (Å²) in [6.45, 7) is 1.92. The number of alkyl halides is 3. The van der Waals surface area contributed by atoms with E-state index in [1.165, 1.54) is 12.1 Å². The predicted octanol–water partition coefficient (Wildman–Crippen LogP) is 5.47. The number of fused-ring (bicyclic) bond motifs is 1. The minimum Gasteiger partial charge on any atom is -0.340 e. The molecule has 27 heavy (non-hydrogen) atoms. The average Bonchev–Trinajstić information content (AvgIpc) is 2.97. The van der Waals surface area contributed by atoms with Gasteiger partial charge in [0.15, 0.2) is 0 Å². The highest BCUT2D eigenvalue weighted by Gasteiger charge is 2.29. The van der Waals surface area contributed by atoms with Gasteiger partial charge in [0.2, 0.25) is 0 Å². The van der Waals surface area contributed by atoms with Crippen LogP contribution in [0.3, 0.4) is 0 Å². The third kappa shape index (κ3) is 3.36. The molecule has 136 valence electrons. The maximum absolute atomic E-state index is 12.7. The van der Waals surface area contributed by atoms with Crippen molar-refractivity contribution in [3.8, 4) is 11.4 Å².